The molecule has 4 saturated carbocycles. The van der Waals surface area contributed by atoms with E-state index in [4.69, 9.17) is 15.2 Å². The molecular formula is C28H33N3O5. The van der Waals surface area contributed by atoms with Gasteiger partial charge in [0.2, 0.25) is 0 Å². The van der Waals surface area contributed by atoms with Crippen LogP contribution in [0.1, 0.15) is 56.6 Å². The van der Waals surface area contributed by atoms with Crippen molar-refractivity contribution in [3.05, 3.63) is 60.2 Å². The highest BCUT2D eigenvalue weighted by molar-refractivity contribution is 5.81. The van der Waals surface area contributed by atoms with Crippen LogP contribution in [0.2, 0.25) is 0 Å². The van der Waals surface area contributed by atoms with E-state index in [1.165, 1.54) is 19.3 Å². The Hall–Kier alpha value is -3.55. The molecule has 0 radical (unpaired) electrons. The van der Waals surface area contributed by atoms with Gasteiger partial charge < -0.3 is 25.8 Å². The van der Waals surface area contributed by atoms with Crippen molar-refractivity contribution in [3.8, 4) is 11.5 Å². The van der Waals surface area contributed by atoms with Gasteiger partial charge in [0.15, 0.2) is 6.61 Å². The number of hydrogen-bond donors (Lipinski definition) is 3. The number of benzene rings is 2. The number of rotatable bonds is 9. The molecule has 0 heterocycles. The van der Waals surface area contributed by atoms with E-state index in [-0.39, 0.29) is 24.5 Å². The molecule has 6 rings (SSSR count). The highest BCUT2D eigenvalue weighted by Gasteiger charge is 2.51. The molecule has 36 heavy (non-hydrogen) atoms. The quantitative estimate of drug-likeness (QED) is 0.454. The number of para-hydroxylation sites is 1. The molecule has 190 valence electrons. The zero-order chi connectivity index (χ0) is 25.1. The molecule has 4 bridgehead atoms. The molecule has 4 fully saturated rings. The van der Waals surface area contributed by atoms with Crippen LogP contribution in [0.15, 0.2) is 54.6 Å². The Bertz CT molecular complexity index is 1080. The lowest BCUT2D eigenvalue weighted by atomic mass is 9.53. The molecule has 4 aliphatic rings. The van der Waals surface area contributed by atoms with E-state index in [0.29, 0.717) is 34.8 Å². The van der Waals surface area contributed by atoms with Gasteiger partial charge in [0.25, 0.3) is 5.91 Å². The minimum atomic E-state index is -0.762. The summed E-state index contributed by atoms with van der Waals surface area (Å²) in [5, 5.41) is 5.80. The maximum absolute atomic E-state index is 12.7. The van der Waals surface area contributed by atoms with Gasteiger partial charge in [-0.1, -0.05) is 30.3 Å². The van der Waals surface area contributed by atoms with Crippen LogP contribution in [0.5, 0.6) is 11.5 Å². The number of ether oxygens (including phenoxy) is 2. The predicted octanol–water partition coefficient (Wildman–Crippen LogP) is 4.21. The van der Waals surface area contributed by atoms with Gasteiger partial charge in [0.1, 0.15) is 11.5 Å². The van der Waals surface area contributed by atoms with E-state index in [9.17, 15) is 14.4 Å². The van der Waals surface area contributed by atoms with Gasteiger partial charge in [-0.05, 0) is 86.1 Å². The van der Waals surface area contributed by atoms with Crippen LogP contribution < -0.4 is 21.1 Å². The second-order valence-corrected chi connectivity index (χ2v) is 10.7. The second kappa shape index (κ2) is 10.2. The number of amides is 3. The third kappa shape index (κ3) is 5.80. The molecule has 4 N–H and O–H groups in total. The molecule has 4 aliphatic carbocycles. The number of primary amides is 1. The van der Waals surface area contributed by atoms with Crippen molar-refractivity contribution in [1.29, 1.82) is 0 Å². The number of nitrogens with two attached hydrogens (primary N) is 1. The largest absolute Gasteiger partial charge is 0.457 e. The Morgan fingerprint density at radius 2 is 1.56 bits per heavy atom. The van der Waals surface area contributed by atoms with Crippen molar-refractivity contribution < 1.29 is 23.9 Å². The van der Waals surface area contributed by atoms with Gasteiger partial charge in [0.05, 0.1) is 12.5 Å². The summed E-state index contributed by atoms with van der Waals surface area (Å²) in [7, 11) is 0. The van der Waals surface area contributed by atoms with Crippen molar-refractivity contribution in [1.82, 2.24) is 10.6 Å². The normalized spacial score (nSPS) is 26.6. The predicted molar refractivity (Wildman–Crippen MR) is 133 cm³/mol. The summed E-state index contributed by atoms with van der Waals surface area (Å²) in [5.74, 6) is 2.49. The van der Waals surface area contributed by atoms with Crippen molar-refractivity contribution in [2.45, 2.75) is 56.5 Å². The fourth-order valence-electron chi connectivity index (χ4n) is 6.81. The van der Waals surface area contributed by atoms with E-state index in [0.717, 1.165) is 19.3 Å². The van der Waals surface area contributed by atoms with Crippen LogP contribution >= 0.6 is 0 Å². The van der Waals surface area contributed by atoms with E-state index >= 15 is 0 Å². The molecule has 8 nitrogen and oxygen atoms in total. The molecule has 0 saturated heterocycles. The minimum absolute atomic E-state index is 0.131. The van der Waals surface area contributed by atoms with Gasteiger partial charge in [-0.25, -0.2) is 4.79 Å². The lowest BCUT2D eigenvalue weighted by Gasteiger charge is -2.56. The topological polar surface area (TPSA) is 120 Å². The maximum Gasteiger partial charge on any atom is 0.312 e. The van der Waals surface area contributed by atoms with Crippen LogP contribution in [0.25, 0.3) is 0 Å². The van der Waals surface area contributed by atoms with Gasteiger partial charge in [-0.3, -0.25) is 9.59 Å². The van der Waals surface area contributed by atoms with Crippen LogP contribution in [-0.4, -0.2) is 30.1 Å². The van der Waals surface area contributed by atoms with Crippen molar-refractivity contribution >= 4 is 17.9 Å². The first-order valence-electron chi connectivity index (χ1n) is 12.7. The summed E-state index contributed by atoms with van der Waals surface area (Å²) in [5.41, 5.74) is 5.86. The van der Waals surface area contributed by atoms with Crippen LogP contribution in [0.4, 0.5) is 4.79 Å². The number of esters is 1. The highest BCUT2D eigenvalue weighted by Crippen LogP contribution is 2.55. The number of carbonyl (C=O) groups excluding carboxylic acids is 3. The number of hydrogen-bond acceptors (Lipinski definition) is 5. The molecule has 3 amide bonds. The fourth-order valence-corrected chi connectivity index (χ4v) is 6.81. The Morgan fingerprint density at radius 3 is 2.19 bits per heavy atom. The molecule has 0 aliphatic heterocycles. The maximum atomic E-state index is 12.7. The van der Waals surface area contributed by atoms with Crippen molar-refractivity contribution in [3.63, 3.8) is 0 Å². The average molecular weight is 492 g/mol. The summed E-state index contributed by atoms with van der Waals surface area (Å²) < 4.78 is 11.2. The Balaban J connectivity index is 1.17. The molecule has 1 unspecified atom stereocenters. The first-order chi connectivity index (χ1) is 17.4. The lowest BCUT2D eigenvalue weighted by molar-refractivity contribution is -0.150. The number of nitrogens with one attached hydrogen (secondary N) is 2. The lowest BCUT2D eigenvalue weighted by Crippen LogP contribution is -2.60. The van der Waals surface area contributed by atoms with Crippen molar-refractivity contribution in [2.75, 3.05) is 6.61 Å². The molecule has 0 spiro atoms. The van der Waals surface area contributed by atoms with E-state index in [1.807, 2.05) is 30.3 Å². The highest BCUT2D eigenvalue weighted by atomic mass is 16.5. The van der Waals surface area contributed by atoms with Crippen LogP contribution in [0.3, 0.4) is 0 Å². The van der Waals surface area contributed by atoms with E-state index in [1.54, 1.807) is 24.3 Å². The minimum Gasteiger partial charge on any atom is -0.457 e. The summed E-state index contributed by atoms with van der Waals surface area (Å²) in [6.07, 6.45) is 6.80. The first kappa shape index (κ1) is 24.2. The van der Waals surface area contributed by atoms with Gasteiger partial charge >= 0.3 is 12.0 Å². The monoisotopic (exact) mass is 491 g/mol. The summed E-state index contributed by atoms with van der Waals surface area (Å²) in [6.45, 7) is -0.332. The fraction of sp³-hybridized carbons (Fsp3) is 0.464. The van der Waals surface area contributed by atoms with E-state index < -0.39 is 18.0 Å². The average Bonchev–Trinajstić information content (AvgIpc) is 2.82. The molecule has 2 aromatic rings. The second-order valence-electron chi connectivity index (χ2n) is 10.7. The molecule has 8 heteroatoms. The summed E-state index contributed by atoms with van der Waals surface area (Å²) in [4.78, 5) is 36.9. The van der Waals surface area contributed by atoms with Crippen LogP contribution in [0, 0.1) is 17.8 Å². The Kier molecular flexibility index (Phi) is 6.85. The Morgan fingerprint density at radius 1 is 0.917 bits per heavy atom. The number of urea groups is 1. The van der Waals surface area contributed by atoms with Gasteiger partial charge in [-0.15, -0.1) is 0 Å². The first-order valence-corrected chi connectivity index (χ1v) is 12.7. The Labute approximate surface area is 210 Å². The third-order valence-electron chi connectivity index (χ3n) is 7.73. The van der Waals surface area contributed by atoms with Gasteiger partial charge in [0, 0.05) is 5.54 Å². The summed E-state index contributed by atoms with van der Waals surface area (Å²) in [6, 6.07) is 14.9. The third-order valence-corrected chi connectivity index (χ3v) is 7.73. The van der Waals surface area contributed by atoms with Crippen molar-refractivity contribution in [2.24, 2.45) is 23.5 Å². The molecule has 2 aromatic carbocycles. The smallest absolute Gasteiger partial charge is 0.312 e. The molecular weight excluding hydrogens is 458 g/mol. The molecule has 0 aromatic heterocycles. The SMILES string of the molecule is NC(=O)NC(CC(=O)OCC(=O)NC12CC3CC(CC(C3)C1)C2)c1cccc(Oc2ccccc2)c1. The van der Waals surface area contributed by atoms with E-state index in [2.05, 4.69) is 10.6 Å². The molecule has 1 atom stereocenters. The number of carbonyl (C=O) groups is 3. The zero-order valence-corrected chi connectivity index (χ0v) is 20.3. The zero-order valence-electron chi connectivity index (χ0n) is 20.3. The summed E-state index contributed by atoms with van der Waals surface area (Å²) >= 11 is 0. The standard InChI is InChI=1S/C28H33N3O5/c29-27(34)30-24(21-5-4-8-23(12-21)36-22-6-2-1-3-7-22)13-26(33)35-17-25(32)31-28-14-18-9-19(15-28)11-20(10-18)16-28/h1-8,12,18-20,24H,9-11,13-17H2,(H,31,32)(H3,29,30,34). The van der Waals surface area contributed by atoms with Gasteiger partial charge in [-0.2, -0.15) is 0 Å². The van der Waals surface area contributed by atoms with Crippen LogP contribution in [-0.2, 0) is 14.3 Å².